The average molecular weight is 636 g/mol. The lowest BCUT2D eigenvalue weighted by atomic mass is 9.49. The van der Waals surface area contributed by atoms with E-state index in [9.17, 15) is 19.2 Å². The van der Waals surface area contributed by atoms with Crippen molar-refractivity contribution >= 4 is 23.9 Å². The van der Waals surface area contributed by atoms with Crippen LogP contribution in [0.5, 0.6) is 5.75 Å². The summed E-state index contributed by atoms with van der Waals surface area (Å²) in [7, 11) is 1.59. The van der Waals surface area contributed by atoms with Crippen LogP contribution in [-0.2, 0) is 30.4 Å². The van der Waals surface area contributed by atoms with Gasteiger partial charge in [-0.2, -0.15) is 0 Å². The molecule has 4 saturated carbocycles. The molecule has 10 heteroatoms. The van der Waals surface area contributed by atoms with Crippen LogP contribution in [0.25, 0.3) is 0 Å². The number of methoxy groups -OCH3 is 1. The molecule has 0 spiro atoms. The lowest BCUT2D eigenvalue weighted by molar-refractivity contribution is -0.158. The van der Waals surface area contributed by atoms with Crippen LogP contribution in [0.3, 0.4) is 0 Å². The number of nitrogens with zero attached hydrogens (tertiary/aromatic N) is 2. The van der Waals surface area contributed by atoms with Crippen molar-refractivity contribution in [2.75, 3.05) is 33.4 Å². The number of carbonyl (C=O) groups is 4. The number of hydrogen-bond acceptors (Lipinski definition) is 7. The third kappa shape index (κ3) is 6.11. The highest BCUT2D eigenvalue weighted by Gasteiger charge is 2.64. The standard InChI is InChI=1S/C36H49N3O7/c1-6-45-32(42)36-22-38(33(43)46-34(2,3)4)12-11-29(36)39(20-23-7-9-27(44-5)10-8-23)31(41)28(36)16-30(40)37-21-35-17-24-13-25(18-35)15-26(14-24)19-35/h7-11,24-26,28H,6,12-22H2,1-5H3,(H,37,40)/t24?,25?,26?,28-,35?,36-/m1/s1. The van der Waals surface area contributed by atoms with E-state index in [2.05, 4.69) is 5.32 Å². The van der Waals surface area contributed by atoms with Gasteiger partial charge in [-0.1, -0.05) is 12.1 Å². The quantitative estimate of drug-likeness (QED) is 0.378. The van der Waals surface area contributed by atoms with Crippen LogP contribution in [0.2, 0.25) is 0 Å². The molecular formula is C36H49N3O7. The van der Waals surface area contributed by atoms with Gasteiger partial charge in [0.25, 0.3) is 0 Å². The Hall–Kier alpha value is -3.56. The van der Waals surface area contributed by atoms with E-state index >= 15 is 0 Å². The van der Waals surface area contributed by atoms with Crippen molar-refractivity contribution in [3.63, 3.8) is 0 Å². The number of likely N-dealkylation sites (tertiary alicyclic amines) is 1. The summed E-state index contributed by atoms with van der Waals surface area (Å²) < 4.78 is 16.6. The molecule has 46 heavy (non-hydrogen) atoms. The van der Waals surface area contributed by atoms with E-state index in [4.69, 9.17) is 14.2 Å². The number of benzene rings is 1. The van der Waals surface area contributed by atoms with Gasteiger partial charge in [-0.05, 0) is 113 Å². The Morgan fingerprint density at radius 3 is 2.20 bits per heavy atom. The molecular weight excluding hydrogens is 586 g/mol. The van der Waals surface area contributed by atoms with Gasteiger partial charge in [0.15, 0.2) is 0 Å². The molecule has 6 aliphatic rings. The molecule has 1 aromatic rings. The van der Waals surface area contributed by atoms with Gasteiger partial charge in [0.05, 0.1) is 26.2 Å². The van der Waals surface area contributed by atoms with Gasteiger partial charge >= 0.3 is 12.1 Å². The number of carbonyl (C=O) groups excluding carboxylic acids is 4. The van der Waals surface area contributed by atoms with Crippen molar-refractivity contribution < 1.29 is 33.4 Å². The molecule has 0 unspecified atom stereocenters. The minimum atomic E-state index is -1.55. The fourth-order valence-corrected chi connectivity index (χ4v) is 9.41. The van der Waals surface area contributed by atoms with Gasteiger partial charge in [-0.25, -0.2) is 4.79 Å². The highest BCUT2D eigenvalue weighted by atomic mass is 16.6. The number of nitrogens with one attached hydrogen (secondary N) is 1. The summed E-state index contributed by atoms with van der Waals surface area (Å²) in [6, 6.07) is 7.40. The SMILES string of the molecule is CCOC(=O)[C@@]12CN(C(=O)OC(C)(C)C)CC=C1N(Cc1ccc(OC)cc1)C(=O)[C@H]2CC(=O)NCC12CC3CC(CC(C3)C1)C2. The van der Waals surface area contributed by atoms with E-state index in [1.807, 2.05) is 24.3 Å². The van der Waals surface area contributed by atoms with Gasteiger partial charge in [-0.3, -0.25) is 14.4 Å². The summed E-state index contributed by atoms with van der Waals surface area (Å²) in [5, 5.41) is 3.21. The number of hydrogen-bond donors (Lipinski definition) is 1. The van der Waals surface area contributed by atoms with E-state index in [0.29, 0.717) is 18.0 Å². The van der Waals surface area contributed by atoms with Gasteiger partial charge < -0.3 is 29.3 Å². The molecule has 1 N–H and O–H groups in total. The molecule has 0 radical (unpaired) electrons. The summed E-state index contributed by atoms with van der Waals surface area (Å²) in [5.41, 5.74) is -0.847. The Balaban J connectivity index is 1.29. The van der Waals surface area contributed by atoms with Crippen LogP contribution in [0.15, 0.2) is 36.0 Å². The normalized spacial score (nSPS) is 31.3. The van der Waals surface area contributed by atoms with Gasteiger partial charge in [-0.15, -0.1) is 0 Å². The average Bonchev–Trinajstić information content (AvgIpc) is 3.22. The summed E-state index contributed by atoms with van der Waals surface area (Å²) in [5.74, 6) is 0.724. The Labute approximate surface area is 272 Å². The van der Waals surface area contributed by atoms with Gasteiger partial charge in [0.1, 0.15) is 16.8 Å². The molecule has 2 aliphatic heterocycles. The van der Waals surface area contributed by atoms with E-state index in [0.717, 1.165) is 42.6 Å². The second-order valence-corrected chi connectivity index (χ2v) is 15.4. The summed E-state index contributed by atoms with van der Waals surface area (Å²) >= 11 is 0. The van der Waals surface area contributed by atoms with Gasteiger partial charge in [0, 0.05) is 31.8 Å². The largest absolute Gasteiger partial charge is 0.497 e. The number of esters is 1. The number of fused-ring (bicyclic) bond motifs is 1. The maximum atomic E-state index is 14.4. The van der Waals surface area contributed by atoms with E-state index < -0.39 is 29.0 Å². The molecule has 5 fully saturated rings. The zero-order valence-electron chi connectivity index (χ0n) is 27.9. The minimum Gasteiger partial charge on any atom is -0.497 e. The molecule has 2 heterocycles. The molecule has 1 saturated heterocycles. The summed E-state index contributed by atoms with van der Waals surface area (Å²) in [4.78, 5) is 58.7. The Morgan fingerprint density at radius 2 is 1.63 bits per heavy atom. The monoisotopic (exact) mass is 635 g/mol. The first-order valence-corrected chi connectivity index (χ1v) is 16.9. The maximum absolute atomic E-state index is 14.4. The second-order valence-electron chi connectivity index (χ2n) is 15.4. The van der Waals surface area contributed by atoms with Crippen LogP contribution < -0.4 is 10.1 Å². The predicted molar refractivity (Wildman–Crippen MR) is 170 cm³/mol. The Bertz CT molecular complexity index is 1360. The first-order valence-electron chi connectivity index (χ1n) is 16.9. The van der Waals surface area contributed by atoms with Gasteiger partial charge in [0.2, 0.25) is 11.8 Å². The lowest BCUT2D eigenvalue weighted by Crippen LogP contribution is -2.54. The molecule has 4 aliphatic carbocycles. The maximum Gasteiger partial charge on any atom is 0.410 e. The molecule has 250 valence electrons. The highest BCUT2D eigenvalue weighted by molar-refractivity contribution is 5.99. The molecule has 7 rings (SSSR count). The van der Waals surface area contributed by atoms with Crippen LogP contribution >= 0.6 is 0 Å². The van der Waals surface area contributed by atoms with E-state index in [1.165, 1.54) is 24.2 Å². The van der Waals surface area contributed by atoms with Crippen molar-refractivity contribution in [2.45, 2.75) is 84.8 Å². The summed E-state index contributed by atoms with van der Waals surface area (Å²) in [6.07, 6.45) is 8.40. The minimum absolute atomic E-state index is 0.0951. The van der Waals surface area contributed by atoms with E-state index in [-0.39, 0.29) is 49.9 Å². The zero-order valence-corrected chi connectivity index (χ0v) is 27.9. The third-order valence-corrected chi connectivity index (χ3v) is 10.9. The highest BCUT2D eigenvalue weighted by Crippen LogP contribution is 2.60. The first-order chi connectivity index (χ1) is 21.8. The zero-order chi connectivity index (χ0) is 32.9. The molecule has 3 amide bonds. The molecule has 1 aromatic carbocycles. The van der Waals surface area contributed by atoms with Crippen molar-refractivity contribution in [3.05, 3.63) is 41.6 Å². The molecule has 0 aromatic heterocycles. The topological polar surface area (TPSA) is 114 Å². The summed E-state index contributed by atoms with van der Waals surface area (Å²) in [6.45, 7) is 7.99. The Kier molecular flexibility index (Phi) is 8.61. The number of amides is 3. The number of rotatable bonds is 9. The van der Waals surface area contributed by atoms with Crippen LogP contribution in [-0.4, -0.2) is 72.6 Å². The lowest BCUT2D eigenvalue weighted by Gasteiger charge is -2.57. The van der Waals surface area contributed by atoms with Crippen LogP contribution in [0.4, 0.5) is 4.79 Å². The van der Waals surface area contributed by atoms with Crippen LogP contribution in [0, 0.1) is 34.5 Å². The molecule has 10 nitrogen and oxygen atoms in total. The van der Waals surface area contributed by atoms with Crippen LogP contribution in [0.1, 0.15) is 78.2 Å². The predicted octanol–water partition coefficient (Wildman–Crippen LogP) is 5.06. The fraction of sp³-hybridized carbons (Fsp3) is 0.667. The van der Waals surface area contributed by atoms with E-state index in [1.54, 1.807) is 45.8 Å². The van der Waals surface area contributed by atoms with Crippen molar-refractivity contribution in [3.8, 4) is 5.75 Å². The number of ether oxygens (including phenoxy) is 3. The fourth-order valence-electron chi connectivity index (χ4n) is 9.41. The third-order valence-electron chi connectivity index (χ3n) is 10.9. The molecule has 4 bridgehead atoms. The van der Waals surface area contributed by atoms with Crippen molar-refractivity contribution in [1.29, 1.82) is 0 Å². The second kappa shape index (κ2) is 12.2. The van der Waals surface area contributed by atoms with Crippen molar-refractivity contribution in [1.82, 2.24) is 15.1 Å². The Morgan fingerprint density at radius 1 is 1.00 bits per heavy atom. The van der Waals surface area contributed by atoms with Crippen molar-refractivity contribution in [2.24, 2.45) is 34.5 Å². The molecule has 2 atom stereocenters. The first kappa shape index (κ1) is 32.4. The smallest absolute Gasteiger partial charge is 0.410 e.